The molecular weight excluding hydrogens is 368 g/mol. The molecule has 1 aliphatic rings. The zero-order valence-corrected chi connectivity index (χ0v) is 17.4. The molecule has 29 heavy (non-hydrogen) atoms. The molecule has 158 valence electrons. The van der Waals surface area contributed by atoms with Crippen LogP contribution < -0.4 is 10.6 Å². The van der Waals surface area contributed by atoms with Gasteiger partial charge in [-0.25, -0.2) is 4.79 Å². The number of allylic oxidation sites excluding steroid dienone is 1. The number of nitrogens with one attached hydrogen (secondary N) is 2. The third-order valence-corrected chi connectivity index (χ3v) is 4.94. The van der Waals surface area contributed by atoms with Gasteiger partial charge in [-0.05, 0) is 43.6 Å². The molecule has 0 saturated carbocycles. The highest BCUT2D eigenvalue weighted by Gasteiger charge is 2.26. The van der Waals surface area contributed by atoms with Gasteiger partial charge in [0.2, 0.25) is 5.91 Å². The zero-order valence-electron chi connectivity index (χ0n) is 17.4. The molecule has 1 atom stereocenters. The van der Waals surface area contributed by atoms with Gasteiger partial charge in [-0.15, -0.1) is 0 Å². The van der Waals surface area contributed by atoms with Gasteiger partial charge >= 0.3 is 5.97 Å². The molecule has 0 spiro atoms. The van der Waals surface area contributed by atoms with E-state index < -0.39 is 12.0 Å². The SMILES string of the molecule is CC(C)C(NC(=O)Cc1ccccc1)C(=O)OCC(=O)NCCC1=CCCCC1. The molecule has 2 N–H and O–H groups in total. The summed E-state index contributed by atoms with van der Waals surface area (Å²) in [5.74, 6) is -1.32. The van der Waals surface area contributed by atoms with Crippen LogP contribution in [0, 0.1) is 5.92 Å². The van der Waals surface area contributed by atoms with Crippen LogP contribution in [0.3, 0.4) is 0 Å². The molecule has 1 unspecified atom stereocenters. The lowest BCUT2D eigenvalue weighted by molar-refractivity contribution is -0.152. The van der Waals surface area contributed by atoms with Crippen molar-refractivity contribution in [2.75, 3.05) is 13.2 Å². The summed E-state index contributed by atoms with van der Waals surface area (Å²) in [5, 5.41) is 5.50. The summed E-state index contributed by atoms with van der Waals surface area (Å²) in [6.45, 7) is 3.86. The van der Waals surface area contributed by atoms with E-state index in [2.05, 4.69) is 16.7 Å². The average Bonchev–Trinajstić information content (AvgIpc) is 2.71. The Morgan fingerprint density at radius 2 is 1.83 bits per heavy atom. The number of carbonyl (C=O) groups excluding carboxylic acids is 3. The second-order valence-electron chi connectivity index (χ2n) is 7.77. The first-order valence-electron chi connectivity index (χ1n) is 10.4. The standard InChI is InChI=1S/C23H32N2O4/c1-17(2)22(25-20(26)15-19-11-7-4-8-12-19)23(28)29-16-21(27)24-14-13-18-9-5-3-6-10-18/h4,7-9,11-12,17,22H,3,5-6,10,13-16H2,1-2H3,(H,24,27)(H,25,26). The quantitative estimate of drug-likeness (QED) is 0.467. The molecule has 6 nitrogen and oxygen atoms in total. The number of esters is 1. The van der Waals surface area contributed by atoms with Crippen molar-refractivity contribution in [3.8, 4) is 0 Å². The average molecular weight is 401 g/mol. The molecule has 0 aromatic heterocycles. The van der Waals surface area contributed by atoms with E-state index in [1.54, 1.807) is 0 Å². The third-order valence-electron chi connectivity index (χ3n) is 4.94. The fraction of sp³-hybridized carbons (Fsp3) is 0.522. The van der Waals surface area contributed by atoms with E-state index in [1.807, 2.05) is 44.2 Å². The van der Waals surface area contributed by atoms with E-state index in [0.29, 0.717) is 6.54 Å². The Kier molecular flexibility index (Phi) is 9.41. The number of benzene rings is 1. The van der Waals surface area contributed by atoms with E-state index in [4.69, 9.17) is 4.74 Å². The van der Waals surface area contributed by atoms with Crippen LogP contribution >= 0.6 is 0 Å². The van der Waals surface area contributed by atoms with Crippen LogP contribution in [-0.2, 0) is 25.5 Å². The monoisotopic (exact) mass is 400 g/mol. The van der Waals surface area contributed by atoms with Crippen molar-refractivity contribution in [1.29, 1.82) is 0 Å². The van der Waals surface area contributed by atoms with Gasteiger partial charge in [0, 0.05) is 6.54 Å². The highest BCUT2D eigenvalue weighted by atomic mass is 16.5. The van der Waals surface area contributed by atoms with Crippen LogP contribution in [-0.4, -0.2) is 37.0 Å². The lowest BCUT2D eigenvalue weighted by atomic mass is 9.97. The van der Waals surface area contributed by atoms with E-state index in [-0.39, 0.29) is 30.8 Å². The number of amides is 2. The van der Waals surface area contributed by atoms with Crippen molar-refractivity contribution in [3.05, 3.63) is 47.5 Å². The van der Waals surface area contributed by atoms with Crippen molar-refractivity contribution in [2.45, 2.75) is 58.4 Å². The van der Waals surface area contributed by atoms with Crippen molar-refractivity contribution < 1.29 is 19.1 Å². The molecule has 2 amide bonds. The number of hydrogen-bond acceptors (Lipinski definition) is 4. The fourth-order valence-corrected chi connectivity index (χ4v) is 3.28. The number of ether oxygens (including phenoxy) is 1. The molecule has 0 radical (unpaired) electrons. The third kappa shape index (κ3) is 8.50. The summed E-state index contributed by atoms with van der Waals surface area (Å²) in [6.07, 6.45) is 7.95. The minimum absolute atomic E-state index is 0.150. The number of carbonyl (C=O) groups is 3. The first-order valence-corrected chi connectivity index (χ1v) is 10.4. The van der Waals surface area contributed by atoms with Gasteiger partial charge in [-0.3, -0.25) is 9.59 Å². The van der Waals surface area contributed by atoms with Gasteiger partial charge in [0.15, 0.2) is 6.61 Å². The van der Waals surface area contributed by atoms with Crippen molar-refractivity contribution in [3.63, 3.8) is 0 Å². The molecule has 2 rings (SSSR count). The highest BCUT2D eigenvalue weighted by molar-refractivity contribution is 5.87. The minimum atomic E-state index is -0.786. The Labute approximate surface area is 173 Å². The van der Waals surface area contributed by atoms with Crippen molar-refractivity contribution in [2.24, 2.45) is 5.92 Å². The second-order valence-corrected chi connectivity index (χ2v) is 7.77. The van der Waals surface area contributed by atoms with Gasteiger partial charge in [0.25, 0.3) is 5.91 Å². The van der Waals surface area contributed by atoms with E-state index in [0.717, 1.165) is 24.8 Å². The summed E-state index contributed by atoms with van der Waals surface area (Å²) in [5.41, 5.74) is 2.25. The summed E-state index contributed by atoms with van der Waals surface area (Å²) < 4.78 is 5.14. The molecule has 1 aliphatic carbocycles. The Hall–Kier alpha value is -2.63. The lowest BCUT2D eigenvalue weighted by Gasteiger charge is -2.21. The molecular formula is C23H32N2O4. The predicted molar refractivity (Wildman–Crippen MR) is 112 cm³/mol. The number of hydrogen-bond donors (Lipinski definition) is 2. The van der Waals surface area contributed by atoms with Crippen LogP contribution in [0.25, 0.3) is 0 Å². The maximum atomic E-state index is 12.4. The van der Waals surface area contributed by atoms with Crippen LogP contribution in [0.4, 0.5) is 0 Å². The topological polar surface area (TPSA) is 84.5 Å². The van der Waals surface area contributed by atoms with Gasteiger partial charge < -0.3 is 15.4 Å². The van der Waals surface area contributed by atoms with Crippen molar-refractivity contribution in [1.82, 2.24) is 10.6 Å². The lowest BCUT2D eigenvalue weighted by Crippen LogP contribution is -2.46. The van der Waals surface area contributed by atoms with Crippen LogP contribution in [0.15, 0.2) is 42.0 Å². The maximum absolute atomic E-state index is 12.4. The summed E-state index contributed by atoms with van der Waals surface area (Å²) in [4.78, 5) is 36.6. The molecule has 0 saturated heterocycles. The largest absolute Gasteiger partial charge is 0.454 e. The number of rotatable bonds is 10. The van der Waals surface area contributed by atoms with E-state index in [1.165, 1.54) is 18.4 Å². The fourth-order valence-electron chi connectivity index (χ4n) is 3.28. The molecule has 0 bridgehead atoms. The molecule has 1 aromatic rings. The molecule has 6 heteroatoms. The molecule has 1 aromatic carbocycles. The van der Waals surface area contributed by atoms with Gasteiger partial charge in [-0.1, -0.05) is 55.8 Å². The van der Waals surface area contributed by atoms with Crippen molar-refractivity contribution >= 4 is 17.8 Å². The first-order chi connectivity index (χ1) is 14.0. The van der Waals surface area contributed by atoms with E-state index in [9.17, 15) is 14.4 Å². The smallest absolute Gasteiger partial charge is 0.329 e. The van der Waals surface area contributed by atoms with Gasteiger partial charge in [0.05, 0.1) is 6.42 Å². The minimum Gasteiger partial charge on any atom is -0.454 e. The first kappa shape index (κ1) is 22.7. The van der Waals surface area contributed by atoms with E-state index >= 15 is 0 Å². The van der Waals surface area contributed by atoms with Crippen LogP contribution in [0.5, 0.6) is 0 Å². The normalized spacial score (nSPS) is 14.7. The predicted octanol–water partition coefficient (Wildman–Crippen LogP) is 2.92. The maximum Gasteiger partial charge on any atom is 0.329 e. The summed E-state index contributed by atoms with van der Waals surface area (Å²) in [6, 6.07) is 8.53. The molecule has 0 aliphatic heterocycles. The van der Waals surface area contributed by atoms with Crippen LogP contribution in [0.1, 0.15) is 51.5 Å². The Balaban J connectivity index is 1.72. The van der Waals surface area contributed by atoms with Crippen LogP contribution in [0.2, 0.25) is 0 Å². The molecule has 0 heterocycles. The van der Waals surface area contributed by atoms with Gasteiger partial charge in [-0.2, -0.15) is 0 Å². The zero-order chi connectivity index (χ0) is 21.1. The Morgan fingerprint density at radius 3 is 2.48 bits per heavy atom. The second kappa shape index (κ2) is 12.0. The van der Waals surface area contributed by atoms with Gasteiger partial charge in [0.1, 0.15) is 6.04 Å². The highest BCUT2D eigenvalue weighted by Crippen LogP contribution is 2.19. The Bertz CT molecular complexity index is 713. The molecule has 0 fully saturated rings. The Morgan fingerprint density at radius 1 is 1.07 bits per heavy atom. The summed E-state index contributed by atoms with van der Waals surface area (Å²) >= 11 is 0. The summed E-state index contributed by atoms with van der Waals surface area (Å²) in [7, 11) is 0.